The molecule has 0 aromatic heterocycles. The average Bonchev–Trinajstić information content (AvgIpc) is 2.26. The fourth-order valence-electron chi connectivity index (χ4n) is 1.59. The van der Waals surface area contributed by atoms with E-state index in [1.54, 1.807) is 0 Å². The summed E-state index contributed by atoms with van der Waals surface area (Å²) in [6.07, 6.45) is 4.88. The number of allylic oxidation sites excluding steroid dienone is 2. The van der Waals surface area contributed by atoms with Gasteiger partial charge in [0.1, 0.15) is 0 Å². The van der Waals surface area contributed by atoms with E-state index in [0.717, 1.165) is 6.42 Å². The van der Waals surface area contributed by atoms with E-state index in [0.29, 0.717) is 0 Å². The van der Waals surface area contributed by atoms with Gasteiger partial charge in [-0.2, -0.15) is 0 Å². The van der Waals surface area contributed by atoms with E-state index in [2.05, 4.69) is 55.5 Å². The highest BCUT2D eigenvalue weighted by molar-refractivity contribution is 5.83. The third-order valence-electron chi connectivity index (χ3n) is 2.33. The molecule has 0 spiro atoms. The molecule has 0 nitrogen and oxygen atoms in total. The minimum atomic E-state index is 0.967. The van der Waals surface area contributed by atoms with Crippen LogP contribution in [0.2, 0.25) is 0 Å². The Bertz CT molecular complexity index is 452. The Kier molecular flexibility index (Phi) is 2.64. The third-order valence-corrected chi connectivity index (χ3v) is 2.33. The van der Waals surface area contributed by atoms with Gasteiger partial charge in [-0.15, -0.1) is 0 Å². The second-order valence-corrected chi connectivity index (χ2v) is 3.36. The predicted molar refractivity (Wildman–Crippen MR) is 62.1 cm³/mol. The van der Waals surface area contributed by atoms with Crippen LogP contribution in [0.5, 0.6) is 0 Å². The molecule has 0 saturated heterocycles. The molecule has 2 aromatic carbocycles. The lowest BCUT2D eigenvalue weighted by atomic mass is 10.1. The summed E-state index contributed by atoms with van der Waals surface area (Å²) in [5.74, 6) is 0. The molecular weight excluding hydrogens is 168 g/mol. The maximum Gasteiger partial charge on any atom is -0.00972 e. The van der Waals surface area contributed by atoms with Crippen molar-refractivity contribution in [3.05, 3.63) is 67.1 Å². The monoisotopic (exact) mass is 181 g/mol. The summed E-state index contributed by atoms with van der Waals surface area (Å²) in [6.45, 7) is 3.68. The quantitative estimate of drug-likeness (QED) is 0.661. The number of rotatable bonds is 2. The highest BCUT2D eigenvalue weighted by atomic mass is 14.0. The van der Waals surface area contributed by atoms with Crippen LogP contribution < -0.4 is 0 Å². The first kappa shape index (κ1) is 9.01. The maximum absolute atomic E-state index is 3.68. The van der Waals surface area contributed by atoms with Crippen LogP contribution in [0.1, 0.15) is 5.56 Å². The standard InChI is InChI=1S/C14H13/c1-2-3-6-12-9-10-13-7-4-5-8-14(13)11-12/h2-5,7-11H,1,6H2. The molecule has 0 heterocycles. The van der Waals surface area contributed by atoms with Crippen molar-refractivity contribution in [3.63, 3.8) is 0 Å². The lowest BCUT2D eigenvalue weighted by Crippen LogP contribution is -1.80. The van der Waals surface area contributed by atoms with Crippen LogP contribution >= 0.6 is 0 Å². The predicted octanol–water partition coefficient (Wildman–Crippen LogP) is 3.77. The van der Waals surface area contributed by atoms with Crippen LogP contribution in [0.4, 0.5) is 0 Å². The van der Waals surface area contributed by atoms with Gasteiger partial charge in [0.25, 0.3) is 0 Å². The van der Waals surface area contributed by atoms with Gasteiger partial charge >= 0.3 is 0 Å². The summed E-state index contributed by atoms with van der Waals surface area (Å²) >= 11 is 0. The molecule has 14 heavy (non-hydrogen) atoms. The van der Waals surface area contributed by atoms with Gasteiger partial charge in [0, 0.05) is 0 Å². The molecule has 0 saturated carbocycles. The summed E-state index contributed by atoms with van der Waals surface area (Å²) in [5, 5.41) is 2.61. The van der Waals surface area contributed by atoms with E-state index in [9.17, 15) is 0 Å². The molecule has 2 aromatic rings. The first-order chi connectivity index (χ1) is 6.90. The summed E-state index contributed by atoms with van der Waals surface area (Å²) in [5.41, 5.74) is 1.34. The first-order valence-electron chi connectivity index (χ1n) is 4.82. The van der Waals surface area contributed by atoms with Gasteiger partial charge in [0.15, 0.2) is 0 Å². The summed E-state index contributed by atoms with van der Waals surface area (Å²) in [7, 11) is 0. The lowest BCUT2D eigenvalue weighted by Gasteiger charge is -2.00. The van der Waals surface area contributed by atoms with E-state index in [1.165, 1.54) is 16.3 Å². The van der Waals surface area contributed by atoms with Crippen LogP contribution in [0, 0.1) is 6.92 Å². The van der Waals surface area contributed by atoms with Crippen LogP contribution in [-0.2, 0) is 6.42 Å². The average molecular weight is 181 g/mol. The molecule has 0 N–H and O–H groups in total. The highest BCUT2D eigenvalue weighted by Crippen LogP contribution is 2.15. The Morgan fingerprint density at radius 1 is 1.00 bits per heavy atom. The molecule has 0 atom stereocenters. The van der Waals surface area contributed by atoms with Crippen LogP contribution in [-0.4, -0.2) is 0 Å². The van der Waals surface area contributed by atoms with Crippen molar-refractivity contribution < 1.29 is 0 Å². The van der Waals surface area contributed by atoms with E-state index in [4.69, 9.17) is 0 Å². The number of fused-ring (bicyclic) bond motifs is 1. The van der Waals surface area contributed by atoms with E-state index >= 15 is 0 Å². The third kappa shape index (κ3) is 1.85. The van der Waals surface area contributed by atoms with Crippen molar-refractivity contribution in [1.82, 2.24) is 0 Å². The zero-order valence-corrected chi connectivity index (χ0v) is 8.11. The molecule has 1 radical (unpaired) electrons. The molecule has 0 heteroatoms. The molecule has 0 bridgehead atoms. The first-order valence-corrected chi connectivity index (χ1v) is 4.82. The van der Waals surface area contributed by atoms with Crippen molar-refractivity contribution >= 4 is 10.8 Å². The molecular formula is C14H13. The Hall–Kier alpha value is -1.56. The van der Waals surface area contributed by atoms with Crippen molar-refractivity contribution in [3.8, 4) is 0 Å². The Morgan fingerprint density at radius 3 is 2.57 bits per heavy atom. The minimum Gasteiger partial charge on any atom is -0.0879 e. The Labute approximate surface area is 84.9 Å². The Balaban J connectivity index is 2.41. The molecule has 0 aliphatic heterocycles. The van der Waals surface area contributed by atoms with E-state index < -0.39 is 0 Å². The molecule has 0 fully saturated rings. The smallest absolute Gasteiger partial charge is 0.00972 e. The van der Waals surface area contributed by atoms with Gasteiger partial charge in [-0.25, -0.2) is 0 Å². The second-order valence-electron chi connectivity index (χ2n) is 3.36. The molecule has 0 aliphatic rings. The van der Waals surface area contributed by atoms with Gasteiger partial charge in [0.2, 0.25) is 0 Å². The fraction of sp³-hybridized carbons (Fsp3) is 0.0714. The molecule has 0 aliphatic carbocycles. The molecule has 69 valence electrons. The van der Waals surface area contributed by atoms with Crippen molar-refractivity contribution in [2.45, 2.75) is 6.42 Å². The van der Waals surface area contributed by atoms with Crippen LogP contribution in [0.3, 0.4) is 0 Å². The summed E-state index contributed by atoms with van der Waals surface area (Å²) in [6, 6.07) is 15.0. The molecule has 2 rings (SSSR count). The van der Waals surface area contributed by atoms with Gasteiger partial charge in [-0.05, 0) is 29.7 Å². The number of benzene rings is 2. The maximum atomic E-state index is 3.68. The zero-order valence-electron chi connectivity index (χ0n) is 8.11. The topological polar surface area (TPSA) is 0 Å². The van der Waals surface area contributed by atoms with E-state index in [1.807, 2.05) is 6.08 Å². The van der Waals surface area contributed by atoms with Crippen LogP contribution in [0.25, 0.3) is 10.8 Å². The fourth-order valence-corrected chi connectivity index (χ4v) is 1.59. The Morgan fingerprint density at radius 2 is 1.79 bits per heavy atom. The second kappa shape index (κ2) is 4.10. The largest absolute Gasteiger partial charge is 0.0879 e. The SMILES string of the molecule is [CH2]C=CCc1ccc2ccccc2c1. The van der Waals surface area contributed by atoms with Gasteiger partial charge in [0.05, 0.1) is 0 Å². The van der Waals surface area contributed by atoms with Crippen molar-refractivity contribution in [1.29, 1.82) is 0 Å². The van der Waals surface area contributed by atoms with Gasteiger partial charge in [-0.3, -0.25) is 0 Å². The normalized spacial score (nSPS) is 11.2. The summed E-state index contributed by atoms with van der Waals surface area (Å²) in [4.78, 5) is 0. The summed E-state index contributed by atoms with van der Waals surface area (Å²) < 4.78 is 0. The molecule has 0 amide bonds. The number of hydrogen-bond donors (Lipinski definition) is 0. The van der Waals surface area contributed by atoms with Crippen molar-refractivity contribution in [2.75, 3.05) is 0 Å². The van der Waals surface area contributed by atoms with E-state index in [-0.39, 0.29) is 0 Å². The molecule has 0 unspecified atom stereocenters. The lowest BCUT2D eigenvalue weighted by molar-refractivity contribution is 1.28. The zero-order chi connectivity index (χ0) is 9.80. The highest BCUT2D eigenvalue weighted by Gasteiger charge is 1.93. The van der Waals surface area contributed by atoms with Gasteiger partial charge in [-0.1, -0.05) is 54.6 Å². The van der Waals surface area contributed by atoms with Crippen molar-refractivity contribution in [2.24, 2.45) is 0 Å². The van der Waals surface area contributed by atoms with Crippen LogP contribution in [0.15, 0.2) is 54.6 Å². The number of hydrogen-bond acceptors (Lipinski definition) is 0. The minimum absolute atomic E-state index is 0.967. The van der Waals surface area contributed by atoms with Gasteiger partial charge < -0.3 is 0 Å².